The lowest BCUT2D eigenvalue weighted by molar-refractivity contribution is 0.382. The minimum Gasteiger partial charge on any atom is -0.320 e. The van der Waals surface area contributed by atoms with Gasteiger partial charge < -0.3 is 5.73 Å². The van der Waals surface area contributed by atoms with Crippen LogP contribution in [0, 0.1) is 0 Å². The Morgan fingerprint density at radius 2 is 2.08 bits per heavy atom. The van der Waals surface area contributed by atoms with Crippen LogP contribution in [0.15, 0.2) is 12.2 Å². The van der Waals surface area contributed by atoms with E-state index in [0.717, 1.165) is 6.42 Å². The zero-order valence-corrected chi connectivity index (χ0v) is 8.15. The van der Waals surface area contributed by atoms with Gasteiger partial charge in [0.1, 0.15) is 6.67 Å². The molecule has 0 aliphatic heterocycles. The summed E-state index contributed by atoms with van der Waals surface area (Å²) in [5.41, 5.74) is 4.81. The van der Waals surface area contributed by atoms with Gasteiger partial charge >= 0.3 is 0 Å². The van der Waals surface area contributed by atoms with Crippen LogP contribution in [0.3, 0.4) is 0 Å². The summed E-state index contributed by atoms with van der Waals surface area (Å²) in [7, 11) is 0. The third-order valence-corrected chi connectivity index (χ3v) is 1.76. The van der Waals surface area contributed by atoms with Gasteiger partial charge in [-0.1, -0.05) is 31.9 Å². The van der Waals surface area contributed by atoms with E-state index in [0.29, 0.717) is 0 Å². The molecule has 0 aromatic carbocycles. The molecule has 12 heavy (non-hydrogen) atoms. The average Bonchev–Trinajstić information content (AvgIpc) is 2.04. The fourth-order valence-electron chi connectivity index (χ4n) is 0.909. The largest absolute Gasteiger partial charge is 0.320 e. The molecule has 0 amide bonds. The Bertz CT molecular complexity index is 130. The second-order valence-electron chi connectivity index (χ2n) is 3.54. The molecule has 0 heterocycles. The SMILES string of the molecule is CCCCCC=CC(C)(N)CF. The molecule has 2 N–H and O–H groups in total. The van der Waals surface area contributed by atoms with Crippen LogP contribution in [0.1, 0.15) is 39.5 Å². The minimum atomic E-state index is -0.758. The molecule has 1 nitrogen and oxygen atoms in total. The smallest absolute Gasteiger partial charge is 0.111 e. The molecular weight excluding hydrogens is 153 g/mol. The van der Waals surface area contributed by atoms with Crippen molar-refractivity contribution >= 4 is 0 Å². The molecule has 0 aliphatic carbocycles. The Morgan fingerprint density at radius 3 is 2.58 bits per heavy atom. The van der Waals surface area contributed by atoms with Gasteiger partial charge in [-0.05, 0) is 19.8 Å². The van der Waals surface area contributed by atoms with Crippen molar-refractivity contribution in [1.29, 1.82) is 0 Å². The van der Waals surface area contributed by atoms with E-state index < -0.39 is 12.2 Å². The summed E-state index contributed by atoms with van der Waals surface area (Å²) < 4.78 is 12.2. The van der Waals surface area contributed by atoms with Crippen molar-refractivity contribution in [2.45, 2.75) is 45.1 Å². The molecule has 0 spiro atoms. The van der Waals surface area contributed by atoms with Crippen LogP contribution >= 0.6 is 0 Å². The van der Waals surface area contributed by atoms with Crippen molar-refractivity contribution in [2.24, 2.45) is 5.73 Å². The number of hydrogen-bond acceptors (Lipinski definition) is 1. The summed E-state index contributed by atoms with van der Waals surface area (Å²) in [4.78, 5) is 0. The molecule has 0 rings (SSSR count). The number of allylic oxidation sites excluding steroid dienone is 1. The lowest BCUT2D eigenvalue weighted by Crippen LogP contribution is -2.35. The van der Waals surface area contributed by atoms with Crippen molar-refractivity contribution in [2.75, 3.05) is 6.67 Å². The quantitative estimate of drug-likeness (QED) is 0.485. The van der Waals surface area contributed by atoms with Crippen molar-refractivity contribution in [3.05, 3.63) is 12.2 Å². The normalized spacial score (nSPS) is 16.7. The van der Waals surface area contributed by atoms with E-state index in [-0.39, 0.29) is 0 Å². The van der Waals surface area contributed by atoms with E-state index in [4.69, 9.17) is 5.73 Å². The Kier molecular flexibility index (Phi) is 5.99. The second-order valence-corrected chi connectivity index (χ2v) is 3.54. The van der Waals surface area contributed by atoms with Crippen LogP contribution < -0.4 is 5.73 Å². The highest BCUT2D eigenvalue weighted by Crippen LogP contribution is 2.05. The van der Waals surface area contributed by atoms with E-state index in [1.807, 2.05) is 6.08 Å². The minimum absolute atomic E-state index is 0.489. The Balaban J connectivity index is 3.47. The van der Waals surface area contributed by atoms with Crippen LogP contribution in [0.2, 0.25) is 0 Å². The van der Waals surface area contributed by atoms with Gasteiger partial charge in [0.15, 0.2) is 0 Å². The standard InChI is InChI=1S/C10H20FN/c1-3-4-5-6-7-8-10(2,12)9-11/h7-8H,3-6,9,12H2,1-2H3. The highest BCUT2D eigenvalue weighted by Gasteiger charge is 2.11. The van der Waals surface area contributed by atoms with Gasteiger partial charge in [0.2, 0.25) is 0 Å². The maximum atomic E-state index is 12.2. The first-order valence-electron chi connectivity index (χ1n) is 4.65. The van der Waals surface area contributed by atoms with Gasteiger partial charge in [-0.15, -0.1) is 0 Å². The van der Waals surface area contributed by atoms with Crippen LogP contribution in [0.4, 0.5) is 4.39 Å². The lowest BCUT2D eigenvalue weighted by atomic mass is 10.0. The monoisotopic (exact) mass is 173 g/mol. The summed E-state index contributed by atoms with van der Waals surface area (Å²) >= 11 is 0. The number of unbranched alkanes of at least 4 members (excludes halogenated alkanes) is 3. The second kappa shape index (κ2) is 6.18. The van der Waals surface area contributed by atoms with Crippen molar-refractivity contribution in [3.8, 4) is 0 Å². The van der Waals surface area contributed by atoms with Gasteiger partial charge in [-0.3, -0.25) is 0 Å². The van der Waals surface area contributed by atoms with Crippen molar-refractivity contribution in [3.63, 3.8) is 0 Å². The first kappa shape index (κ1) is 11.6. The van der Waals surface area contributed by atoms with Crippen LogP contribution in [-0.4, -0.2) is 12.2 Å². The van der Waals surface area contributed by atoms with E-state index in [1.54, 1.807) is 13.0 Å². The highest BCUT2D eigenvalue weighted by atomic mass is 19.1. The van der Waals surface area contributed by atoms with Crippen molar-refractivity contribution < 1.29 is 4.39 Å². The summed E-state index contributed by atoms with van der Waals surface area (Å²) in [6.45, 7) is 3.37. The molecule has 0 saturated heterocycles. The maximum absolute atomic E-state index is 12.2. The lowest BCUT2D eigenvalue weighted by Gasteiger charge is -2.14. The predicted molar refractivity (Wildman–Crippen MR) is 51.8 cm³/mol. The summed E-state index contributed by atoms with van der Waals surface area (Å²) in [6.07, 6.45) is 8.39. The molecule has 0 aromatic heterocycles. The van der Waals surface area contributed by atoms with E-state index in [9.17, 15) is 4.39 Å². The molecule has 0 aromatic rings. The fraction of sp³-hybridized carbons (Fsp3) is 0.800. The zero-order chi connectivity index (χ0) is 9.45. The number of halogens is 1. The summed E-state index contributed by atoms with van der Waals surface area (Å²) in [5.74, 6) is 0. The van der Waals surface area contributed by atoms with E-state index in [2.05, 4.69) is 6.92 Å². The molecule has 0 bridgehead atoms. The van der Waals surface area contributed by atoms with Gasteiger partial charge in [0.25, 0.3) is 0 Å². The molecule has 72 valence electrons. The predicted octanol–water partition coefficient (Wildman–Crippen LogP) is 2.81. The van der Waals surface area contributed by atoms with Gasteiger partial charge in [-0.2, -0.15) is 0 Å². The zero-order valence-electron chi connectivity index (χ0n) is 8.15. The highest BCUT2D eigenvalue weighted by molar-refractivity contribution is 5.01. The number of hydrogen-bond donors (Lipinski definition) is 1. The summed E-state index contributed by atoms with van der Waals surface area (Å²) in [5, 5.41) is 0. The van der Waals surface area contributed by atoms with Crippen LogP contribution in [0.5, 0.6) is 0 Å². The molecular formula is C10H20FN. The Morgan fingerprint density at radius 1 is 1.42 bits per heavy atom. The van der Waals surface area contributed by atoms with Crippen LogP contribution in [-0.2, 0) is 0 Å². The average molecular weight is 173 g/mol. The van der Waals surface area contributed by atoms with E-state index in [1.165, 1.54) is 19.3 Å². The van der Waals surface area contributed by atoms with Gasteiger partial charge in [0, 0.05) is 0 Å². The van der Waals surface area contributed by atoms with E-state index >= 15 is 0 Å². The number of alkyl halides is 1. The molecule has 2 heteroatoms. The third-order valence-electron chi connectivity index (χ3n) is 1.76. The topological polar surface area (TPSA) is 26.0 Å². The Labute approximate surface area is 74.8 Å². The molecule has 1 unspecified atom stereocenters. The maximum Gasteiger partial charge on any atom is 0.111 e. The van der Waals surface area contributed by atoms with Crippen LogP contribution in [0.25, 0.3) is 0 Å². The fourth-order valence-corrected chi connectivity index (χ4v) is 0.909. The molecule has 0 radical (unpaired) electrons. The van der Waals surface area contributed by atoms with Crippen molar-refractivity contribution in [1.82, 2.24) is 0 Å². The first-order valence-corrected chi connectivity index (χ1v) is 4.65. The molecule has 1 atom stereocenters. The first-order chi connectivity index (χ1) is 5.62. The third kappa shape index (κ3) is 6.35. The molecule has 0 aliphatic rings. The number of nitrogens with two attached hydrogens (primary N) is 1. The molecule has 0 fully saturated rings. The van der Waals surface area contributed by atoms with Gasteiger partial charge in [0.05, 0.1) is 5.54 Å². The van der Waals surface area contributed by atoms with Gasteiger partial charge in [-0.25, -0.2) is 4.39 Å². The Hall–Kier alpha value is -0.370. The molecule has 0 saturated carbocycles. The summed E-state index contributed by atoms with van der Waals surface area (Å²) in [6, 6.07) is 0. The number of rotatable bonds is 6.